The fraction of sp³-hybridized carbons (Fsp3) is 0.722. The van der Waals surface area contributed by atoms with E-state index in [2.05, 4.69) is 13.8 Å². The Labute approximate surface area is 185 Å². The first-order chi connectivity index (χ1) is 14.9. The zero-order valence-corrected chi connectivity index (χ0v) is 18.1. The Morgan fingerprint density at radius 3 is 1.70 bits per heavy atom. The number of hydrogen-bond donors (Lipinski definition) is 4. The van der Waals surface area contributed by atoms with Gasteiger partial charge in [-0.1, -0.05) is 13.8 Å². The van der Waals surface area contributed by atoms with Gasteiger partial charge in [0.05, 0.1) is 18.8 Å². The van der Waals surface area contributed by atoms with Crippen LogP contribution in [0.15, 0.2) is 11.6 Å². The molecule has 6 N–H and O–H groups in total. The maximum Gasteiger partial charge on any atom is 0.490 e. The molecular weight excluding hydrogens is 470 g/mol. The molecule has 0 radical (unpaired) electrons. The van der Waals surface area contributed by atoms with Crippen molar-refractivity contribution in [1.82, 2.24) is 0 Å². The summed E-state index contributed by atoms with van der Waals surface area (Å²) in [6, 6.07) is -0.553. The number of carbonyl (C=O) groups excluding carboxylic acids is 1. The molecule has 3 atom stereocenters. The normalized spacial score (nSPS) is 20.5. The predicted molar refractivity (Wildman–Crippen MR) is 102 cm³/mol. The molecule has 0 unspecified atom stereocenters. The Kier molecular flexibility index (Phi) is 14.6. The van der Waals surface area contributed by atoms with Crippen LogP contribution in [0.25, 0.3) is 0 Å². The smallest absolute Gasteiger partial charge is 0.475 e. The fourth-order valence-corrected chi connectivity index (χ4v) is 2.22. The van der Waals surface area contributed by atoms with Gasteiger partial charge in [-0.25, -0.2) is 14.4 Å². The van der Waals surface area contributed by atoms with Gasteiger partial charge in [-0.05, 0) is 32.3 Å². The van der Waals surface area contributed by atoms with Gasteiger partial charge in [0.2, 0.25) is 0 Å². The number of carboxylic acids is 2. The van der Waals surface area contributed by atoms with Gasteiger partial charge in [0.1, 0.15) is 0 Å². The number of carbonyl (C=O) groups is 3. The number of nitrogens with two attached hydrogens (primary N) is 2. The third-order valence-electron chi connectivity index (χ3n) is 3.98. The van der Waals surface area contributed by atoms with Crippen molar-refractivity contribution in [3.05, 3.63) is 11.6 Å². The van der Waals surface area contributed by atoms with Crippen molar-refractivity contribution in [2.75, 3.05) is 6.61 Å². The topological polar surface area (TPSA) is 162 Å². The molecule has 9 nitrogen and oxygen atoms in total. The summed E-state index contributed by atoms with van der Waals surface area (Å²) in [5.74, 6) is -5.83. The van der Waals surface area contributed by atoms with Crippen LogP contribution in [0.4, 0.5) is 26.3 Å². The Hall–Kier alpha value is -2.39. The third kappa shape index (κ3) is 13.7. The summed E-state index contributed by atoms with van der Waals surface area (Å²) >= 11 is 0. The third-order valence-corrected chi connectivity index (χ3v) is 3.98. The summed E-state index contributed by atoms with van der Waals surface area (Å²) in [6.07, 6.45) is -6.28. The molecule has 33 heavy (non-hydrogen) atoms. The van der Waals surface area contributed by atoms with Gasteiger partial charge in [0.15, 0.2) is 0 Å². The minimum atomic E-state index is -5.08. The minimum Gasteiger partial charge on any atom is -0.475 e. The van der Waals surface area contributed by atoms with Gasteiger partial charge in [0, 0.05) is 17.7 Å². The van der Waals surface area contributed by atoms with Crippen molar-refractivity contribution in [1.29, 1.82) is 0 Å². The number of esters is 1. The first kappa shape index (κ1) is 32.8. The Morgan fingerprint density at radius 2 is 1.39 bits per heavy atom. The van der Waals surface area contributed by atoms with Crippen LogP contribution in [0.2, 0.25) is 0 Å². The minimum absolute atomic E-state index is 0.140. The number of carboxylic acid groups (broad SMARTS) is 2. The summed E-state index contributed by atoms with van der Waals surface area (Å²) in [5, 5.41) is 14.2. The van der Waals surface area contributed by atoms with Crippen molar-refractivity contribution < 1.29 is 60.4 Å². The van der Waals surface area contributed by atoms with E-state index in [0.717, 1.165) is 12.8 Å². The van der Waals surface area contributed by atoms with Gasteiger partial charge in [-0.2, -0.15) is 26.3 Å². The van der Waals surface area contributed by atoms with Gasteiger partial charge < -0.3 is 31.2 Å². The molecule has 0 amide bonds. The number of rotatable bonds is 6. The van der Waals surface area contributed by atoms with E-state index in [0.29, 0.717) is 18.6 Å². The average Bonchev–Trinajstić information content (AvgIpc) is 2.68. The van der Waals surface area contributed by atoms with E-state index < -0.39 is 24.3 Å². The van der Waals surface area contributed by atoms with Crippen LogP contribution >= 0.6 is 0 Å². The fourth-order valence-electron chi connectivity index (χ4n) is 2.22. The first-order valence-electron chi connectivity index (χ1n) is 9.56. The number of halogens is 6. The summed E-state index contributed by atoms with van der Waals surface area (Å²) in [6.45, 7) is 6.28. The predicted octanol–water partition coefficient (Wildman–Crippen LogP) is 2.37. The van der Waals surface area contributed by atoms with Crippen molar-refractivity contribution in [3.8, 4) is 0 Å². The molecule has 0 aliphatic heterocycles. The van der Waals surface area contributed by atoms with E-state index in [4.69, 9.17) is 40.7 Å². The molecule has 0 saturated carbocycles. The maximum absolute atomic E-state index is 11.8. The van der Waals surface area contributed by atoms with Crippen LogP contribution in [0.3, 0.4) is 0 Å². The molecule has 1 aliphatic carbocycles. The quantitative estimate of drug-likeness (QED) is 0.318. The van der Waals surface area contributed by atoms with Crippen molar-refractivity contribution >= 4 is 17.9 Å². The molecule has 0 bridgehead atoms. The van der Waals surface area contributed by atoms with E-state index in [9.17, 15) is 31.1 Å². The molecule has 1 aliphatic rings. The van der Waals surface area contributed by atoms with Gasteiger partial charge >= 0.3 is 30.3 Å². The molecule has 0 heterocycles. The Morgan fingerprint density at radius 1 is 1.00 bits per heavy atom. The lowest BCUT2D eigenvalue weighted by Crippen LogP contribution is -2.53. The summed E-state index contributed by atoms with van der Waals surface area (Å²) in [4.78, 5) is 29.6. The summed E-state index contributed by atoms with van der Waals surface area (Å²) in [7, 11) is 0. The molecule has 0 aromatic rings. The highest BCUT2D eigenvalue weighted by molar-refractivity contribution is 5.89. The van der Waals surface area contributed by atoms with Gasteiger partial charge in [-0.15, -0.1) is 0 Å². The number of ether oxygens (including phenoxy) is 2. The highest BCUT2D eigenvalue weighted by Crippen LogP contribution is 2.22. The molecule has 194 valence electrons. The van der Waals surface area contributed by atoms with E-state index in [1.807, 2.05) is 0 Å². The van der Waals surface area contributed by atoms with Crippen LogP contribution in [0.1, 0.15) is 40.0 Å². The SMILES string of the molecule is CCOC(=O)C1=C[C@@H](OC(CC)CC)[C@H](N)[C@@H](N)C1.O=C(O)C(F)(F)F.O=C(O)C(F)(F)F. The average molecular weight is 498 g/mol. The van der Waals surface area contributed by atoms with E-state index in [-0.39, 0.29) is 30.3 Å². The monoisotopic (exact) mass is 498 g/mol. The standard InChI is InChI=1S/C14H26N2O3.2C2HF3O2/c1-4-10(5-2)19-12-8-9(14(17)18-6-3)7-11(15)13(12)16;2*3-2(4,5)1(6)7/h8,10-13H,4-7,15-16H2,1-3H3;2*(H,6,7)/t11-,12+,13+;;/m0../s1. The highest BCUT2D eigenvalue weighted by Gasteiger charge is 2.39. The number of aliphatic carboxylic acids is 2. The molecular formula is C18H28F6N2O7. The maximum atomic E-state index is 11.8. The van der Waals surface area contributed by atoms with Crippen molar-refractivity contribution in [3.63, 3.8) is 0 Å². The van der Waals surface area contributed by atoms with Gasteiger partial charge in [-0.3, -0.25) is 0 Å². The lowest BCUT2D eigenvalue weighted by molar-refractivity contribution is -0.193. The Bertz CT molecular complexity index is 640. The molecule has 1 rings (SSSR count). The van der Waals surface area contributed by atoms with Crippen LogP contribution in [-0.4, -0.2) is 71.4 Å². The second kappa shape index (κ2) is 14.7. The van der Waals surface area contributed by atoms with Crippen LogP contribution in [0, 0.1) is 0 Å². The molecule has 0 fully saturated rings. The first-order valence-corrected chi connectivity index (χ1v) is 9.56. The Balaban J connectivity index is 0. The summed E-state index contributed by atoms with van der Waals surface area (Å²) < 4.78 is 74.4. The molecule has 0 aromatic carbocycles. The van der Waals surface area contributed by atoms with Gasteiger partial charge in [0.25, 0.3) is 0 Å². The zero-order valence-electron chi connectivity index (χ0n) is 18.1. The molecule has 0 spiro atoms. The van der Waals surface area contributed by atoms with Crippen molar-refractivity contribution in [2.45, 2.75) is 76.7 Å². The van der Waals surface area contributed by atoms with Crippen LogP contribution in [-0.2, 0) is 23.9 Å². The van der Waals surface area contributed by atoms with E-state index in [1.54, 1.807) is 13.0 Å². The lowest BCUT2D eigenvalue weighted by Gasteiger charge is -2.34. The molecule has 0 saturated heterocycles. The lowest BCUT2D eigenvalue weighted by atomic mass is 9.89. The second-order valence-electron chi connectivity index (χ2n) is 6.50. The largest absolute Gasteiger partial charge is 0.490 e. The summed E-state index contributed by atoms with van der Waals surface area (Å²) in [5.41, 5.74) is 12.6. The molecule has 0 aromatic heterocycles. The molecule has 15 heteroatoms. The zero-order chi connectivity index (χ0) is 26.6. The number of hydrogen-bond acceptors (Lipinski definition) is 7. The van der Waals surface area contributed by atoms with Crippen LogP contribution in [0.5, 0.6) is 0 Å². The second-order valence-corrected chi connectivity index (χ2v) is 6.50. The van der Waals surface area contributed by atoms with Crippen molar-refractivity contribution in [2.24, 2.45) is 11.5 Å². The van der Waals surface area contributed by atoms with E-state index >= 15 is 0 Å². The highest BCUT2D eigenvalue weighted by atomic mass is 19.4. The van der Waals surface area contributed by atoms with Crippen LogP contribution < -0.4 is 11.5 Å². The van der Waals surface area contributed by atoms with E-state index in [1.165, 1.54) is 0 Å². The number of alkyl halides is 6.